The molecule has 0 aliphatic carbocycles. The van der Waals surface area contributed by atoms with Crippen molar-refractivity contribution in [1.82, 2.24) is 0 Å². The molecule has 0 saturated carbocycles. The van der Waals surface area contributed by atoms with E-state index in [0.29, 0.717) is 0 Å². The first-order valence-electron chi connectivity index (χ1n) is 0.538. The molecular formula is Cl2N2. The van der Waals surface area contributed by atoms with Crippen molar-refractivity contribution in [2.24, 2.45) is 9.27 Å². The van der Waals surface area contributed by atoms with Crippen molar-refractivity contribution in [3.05, 3.63) is 0 Å². The number of nitrogens with zero attached hydrogens (tertiary/aromatic N) is 2. The Kier molecular flexibility index (Phi) is 3.32. The number of hydrogen-bond donors (Lipinski definition) is 0. The summed E-state index contributed by atoms with van der Waals surface area (Å²) in [6.45, 7) is 0. The van der Waals surface area contributed by atoms with Crippen LogP contribution in [0.25, 0.3) is 0 Å². The maximum atomic E-state index is 4.51. The Balaban J connectivity index is 2.55. The Morgan fingerprint density at radius 2 is 1.25 bits per heavy atom. The molecule has 24 valence electrons. The van der Waals surface area contributed by atoms with E-state index in [1.54, 1.807) is 0 Å². The van der Waals surface area contributed by atoms with Gasteiger partial charge in [0.15, 0.2) is 0 Å². The zero-order valence-corrected chi connectivity index (χ0v) is 3.16. The Hall–Kier alpha value is 0.180. The summed E-state index contributed by atoms with van der Waals surface area (Å²) in [4.78, 5) is 0. The fraction of sp³-hybridized carbons (Fsp3) is 0. The van der Waals surface area contributed by atoms with Gasteiger partial charge in [-0.25, -0.2) is 0 Å². The van der Waals surface area contributed by atoms with Gasteiger partial charge in [0.1, 0.15) is 0 Å². The van der Waals surface area contributed by atoms with Crippen molar-refractivity contribution in [2.45, 2.75) is 0 Å². The highest BCUT2D eigenvalue weighted by atomic mass is 35.5. The zero-order chi connectivity index (χ0) is 3.41. The SMILES string of the molecule is ClN=NCl. The first-order valence-corrected chi connectivity index (χ1v) is 1.21. The highest BCUT2D eigenvalue weighted by Gasteiger charge is 1.40. The average Bonchev–Trinajstić information content (AvgIpc) is 1.37. The van der Waals surface area contributed by atoms with Gasteiger partial charge in [-0.2, -0.15) is 0 Å². The number of rotatable bonds is 0. The molecule has 0 spiro atoms. The van der Waals surface area contributed by atoms with E-state index in [0.717, 1.165) is 0 Å². The van der Waals surface area contributed by atoms with Crippen LogP contribution in [0.15, 0.2) is 9.27 Å². The van der Waals surface area contributed by atoms with Gasteiger partial charge in [0.05, 0.1) is 23.6 Å². The standard InChI is InChI=1S/Cl2N2/c1-3-4-2. The van der Waals surface area contributed by atoms with E-state index >= 15 is 0 Å². The van der Waals surface area contributed by atoms with Crippen LogP contribution in [-0.2, 0) is 0 Å². The lowest BCUT2D eigenvalue weighted by Gasteiger charge is -1.44. The Morgan fingerprint density at radius 1 is 1.00 bits per heavy atom. The molecule has 0 aliphatic heterocycles. The minimum absolute atomic E-state index is 2.60. The van der Waals surface area contributed by atoms with Gasteiger partial charge >= 0.3 is 0 Å². The molecule has 0 atom stereocenters. The molecule has 0 amide bonds. The molecule has 0 unspecified atom stereocenters. The van der Waals surface area contributed by atoms with E-state index in [-0.39, 0.29) is 0 Å². The molecule has 0 aliphatic rings. The van der Waals surface area contributed by atoms with Crippen molar-refractivity contribution >= 4 is 23.6 Å². The van der Waals surface area contributed by atoms with Crippen LogP contribution in [0.5, 0.6) is 0 Å². The molecule has 2 nitrogen and oxygen atoms in total. The molecule has 0 aromatic rings. The second-order valence-electron chi connectivity index (χ2n) is 0.151. The van der Waals surface area contributed by atoms with Gasteiger partial charge in [0.2, 0.25) is 0 Å². The molecule has 0 aromatic carbocycles. The Morgan fingerprint density at radius 3 is 1.25 bits per heavy atom. The largest absolute Gasteiger partial charge is 0.0615 e. The highest BCUT2D eigenvalue weighted by Crippen LogP contribution is 1.80. The van der Waals surface area contributed by atoms with Crippen LogP contribution < -0.4 is 0 Å². The van der Waals surface area contributed by atoms with E-state index < -0.39 is 0 Å². The van der Waals surface area contributed by atoms with E-state index in [2.05, 4.69) is 32.8 Å². The third-order valence-corrected chi connectivity index (χ3v) is 0.257. The van der Waals surface area contributed by atoms with Crippen molar-refractivity contribution < 1.29 is 0 Å². The first kappa shape index (κ1) is 4.18. The van der Waals surface area contributed by atoms with Crippen LogP contribution in [0.4, 0.5) is 0 Å². The smallest absolute Gasteiger partial charge is 0.0615 e. The minimum Gasteiger partial charge on any atom is -0.0615 e. The summed E-state index contributed by atoms with van der Waals surface area (Å²) in [5.74, 6) is 0. The summed E-state index contributed by atoms with van der Waals surface area (Å²) in [5.41, 5.74) is 0. The van der Waals surface area contributed by atoms with E-state index in [4.69, 9.17) is 0 Å². The van der Waals surface area contributed by atoms with Crippen LogP contribution >= 0.6 is 23.6 Å². The predicted octanol–water partition coefficient (Wildman–Crippen LogP) is 1.75. The number of halogens is 2. The fourth-order valence-corrected chi connectivity index (χ4v) is 0. The molecule has 4 heteroatoms. The molecule has 0 rings (SSSR count). The Bertz CT molecular complexity index is 19.2. The summed E-state index contributed by atoms with van der Waals surface area (Å²) in [6.07, 6.45) is 0. The van der Waals surface area contributed by atoms with E-state index in [1.165, 1.54) is 0 Å². The van der Waals surface area contributed by atoms with Crippen molar-refractivity contribution in [3.8, 4) is 0 Å². The van der Waals surface area contributed by atoms with Crippen LogP contribution in [0, 0.1) is 0 Å². The second kappa shape index (κ2) is 3.18. The molecule has 4 heavy (non-hydrogen) atoms. The second-order valence-corrected chi connectivity index (χ2v) is 0.454. The Labute approximate surface area is 33.7 Å². The quantitative estimate of drug-likeness (QED) is 0.413. The van der Waals surface area contributed by atoms with Crippen molar-refractivity contribution in [3.63, 3.8) is 0 Å². The highest BCUT2D eigenvalue weighted by molar-refractivity contribution is 6.18. The van der Waals surface area contributed by atoms with E-state index in [1.807, 2.05) is 0 Å². The van der Waals surface area contributed by atoms with Crippen LogP contribution in [0.1, 0.15) is 0 Å². The average molecular weight is 98.9 g/mol. The lowest BCUT2D eigenvalue weighted by atomic mass is 13.3. The van der Waals surface area contributed by atoms with E-state index in [9.17, 15) is 0 Å². The predicted molar refractivity (Wildman–Crippen MR) is 16.6 cm³/mol. The van der Waals surface area contributed by atoms with Gasteiger partial charge in [0, 0.05) is 0 Å². The van der Waals surface area contributed by atoms with Gasteiger partial charge in [-0.1, -0.05) is 9.27 Å². The summed E-state index contributed by atoms with van der Waals surface area (Å²) in [6, 6.07) is 0. The van der Waals surface area contributed by atoms with Gasteiger partial charge < -0.3 is 0 Å². The van der Waals surface area contributed by atoms with Crippen LogP contribution in [0.2, 0.25) is 0 Å². The summed E-state index contributed by atoms with van der Waals surface area (Å²) >= 11 is 9.02. The summed E-state index contributed by atoms with van der Waals surface area (Å²) in [5, 5.41) is 0. The molecule has 0 fully saturated rings. The van der Waals surface area contributed by atoms with Gasteiger partial charge in [0.25, 0.3) is 0 Å². The molecule has 0 radical (unpaired) electrons. The molecule has 0 bridgehead atoms. The summed E-state index contributed by atoms with van der Waals surface area (Å²) < 4.78 is 5.20. The fourth-order valence-electron chi connectivity index (χ4n) is 0. The van der Waals surface area contributed by atoms with Gasteiger partial charge in [-0.15, -0.1) is 0 Å². The third kappa shape index (κ3) is 2.18. The zero-order valence-electron chi connectivity index (χ0n) is 1.65. The molecule has 0 aromatic heterocycles. The molecule has 0 N–H and O–H groups in total. The monoisotopic (exact) mass is 97.9 g/mol. The molecule has 0 saturated heterocycles. The van der Waals surface area contributed by atoms with Crippen LogP contribution in [-0.4, -0.2) is 0 Å². The number of hydrogen-bond acceptors (Lipinski definition) is 2. The van der Waals surface area contributed by atoms with Gasteiger partial charge in [-0.05, 0) is 0 Å². The van der Waals surface area contributed by atoms with Crippen molar-refractivity contribution in [1.29, 1.82) is 0 Å². The summed E-state index contributed by atoms with van der Waals surface area (Å²) in [7, 11) is 0. The normalized spacial score (nSPS) is 9.50. The lowest BCUT2D eigenvalue weighted by molar-refractivity contribution is 1.49. The van der Waals surface area contributed by atoms with Crippen molar-refractivity contribution in [2.75, 3.05) is 0 Å². The maximum absolute atomic E-state index is 4.51. The maximum Gasteiger partial charge on any atom is 0.0615 e. The first-order chi connectivity index (χ1) is 1.91. The molecule has 0 heterocycles. The minimum atomic E-state index is 2.60. The van der Waals surface area contributed by atoms with Gasteiger partial charge in [-0.3, -0.25) is 0 Å². The topological polar surface area (TPSA) is 24.7 Å². The lowest BCUT2D eigenvalue weighted by Crippen LogP contribution is -1.09. The molecular weight excluding hydrogens is 98.9 g/mol. The van der Waals surface area contributed by atoms with Crippen LogP contribution in [0.3, 0.4) is 0 Å². The third-order valence-electron chi connectivity index (χ3n) is 0.0286.